The summed E-state index contributed by atoms with van der Waals surface area (Å²) in [7, 11) is 0. The molecule has 2 nitrogen and oxygen atoms in total. The standard InChI is InChI=1S/C31H62O2/c1-3-5-7-8-9-15-23-30(22-14-6-4-2)26-18-19-27-31(30,24-16-10-12-20-28-32)25-17-11-13-21-29-33/h32-33H,3-29H2,1-2H3. The van der Waals surface area contributed by atoms with Crippen LogP contribution in [0.4, 0.5) is 0 Å². The summed E-state index contributed by atoms with van der Waals surface area (Å²) < 4.78 is 0. The monoisotopic (exact) mass is 466 g/mol. The summed E-state index contributed by atoms with van der Waals surface area (Å²) in [6, 6.07) is 0. The molecular formula is C31H62O2. The van der Waals surface area contributed by atoms with E-state index in [2.05, 4.69) is 13.8 Å². The van der Waals surface area contributed by atoms with E-state index in [4.69, 9.17) is 0 Å². The highest BCUT2D eigenvalue weighted by molar-refractivity contribution is 5.00. The van der Waals surface area contributed by atoms with Crippen molar-refractivity contribution in [2.75, 3.05) is 13.2 Å². The van der Waals surface area contributed by atoms with Crippen molar-refractivity contribution in [2.45, 2.75) is 174 Å². The molecule has 0 bridgehead atoms. The van der Waals surface area contributed by atoms with Crippen LogP contribution in [0.2, 0.25) is 0 Å². The summed E-state index contributed by atoms with van der Waals surface area (Å²) in [5.74, 6) is 0. The van der Waals surface area contributed by atoms with Gasteiger partial charge in [0.15, 0.2) is 0 Å². The Kier molecular flexibility index (Phi) is 18.9. The highest BCUT2D eigenvalue weighted by Gasteiger charge is 2.50. The quantitative estimate of drug-likeness (QED) is 0.147. The fourth-order valence-electron chi connectivity index (χ4n) is 7.08. The van der Waals surface area contributed by atoms with E-state index < -0.39 is 0 Å². The first-order valence-electron chi connectivity index (χ1n) is 15.4. The molecule has 1 unspecified atom stereocenters. The average molecular weight is 467 g/mol. The molecule has 0 aromatic rings. The molecule has 1 rings (SSSR count). The third-order valence-corrected chi connectivity index (χ3v) is 9.08. The minimum atomic E-state index is 0.356. The molecule has 0 saturated heterocycles. The largest absolute Gasteiger partial charge is 0.396 e. The van der Waals surface area contributed by atoms with Gasteiger partial charge in [0.2, 0.25) is 0 Å². The first kappa shape index (κ1) is 31.0. The molecule has 0 aliphatic heterocycles. The zero-order valence-corrected chi connectivity index (χ0v) is 23.0. The third kappa shape index (κ3) is 11.9. The molecule has 0 radical (unpaired) electrons. The minimum absolute atomic E-state index is 0.356. The predicted molar refractivity (Wildman–Crippen MR) is 146 cm³/mol. The van der Waals surface area contributed by atoms with Crippen molar-refractivity contribution in [1.82, 2.24) is 0 Å². The van der Waals surface area contributed by atoms with Gasteiger partial charge in [0, 0.05) is 13.2 Å². The van der Waals surface area contributed by atoms with E-state index >= 15 is 0 Å². The van der Waals surface area contributed by atoms with Crippen LogP contribution in [0.15, 0.2) is 0 Å². The molecule has 2 heteroatoms. The van der Waals surface area contributed by atoms with Gasteiger partial charge >= 0.3 is 0 Å². The maximum absolute atomic E-state index is 9.21. The number of unbranched alkanes of at least 4 members (excludes halogenated alkanes) is 13. The lowest BCUT2D eigenvalue weighted by atomic mass is 9.49. The molecular weight excluding hydrogens is 404 g/mol. The van der Waals surface area contributed by atoms with E-state index in [1.165, 1.54) is 148 Å². The van der Waals surface area contributed by atoms with Crippen LogP contribution in [0, 0.1) is 10.8 Å². The van der Waals surface area contributed by atoms with Crippen molar-refractivity contribution >= 4 is 0 Å². The summed E-state index contributed by atoms with van der Waals surface area (Å²) >= 11 is 0. The van der Waals surface area contributed by atoms with Crippen molar-refractivity contribution in [3.8, 4) is 0 Å². The van der Waals surface area contributed by atoms with E-state index in [1.54, 1.807) is 0 Å². The van der Waals surface area contributed by atoms with Gasteiger partial charge in [0.05, 0.1) is 0 Å². The predicted octanol–water partition coefficient (Wildman–Crippen LogP) is 9.75. The number of rotatable bonds is 23. The molecule has 0 spiro atoms. The van der Waals surface area contributed by atoms with Crippen molar-refractivity contribution in [3.63, 3.8) is 0 Å². The fourth-order valence-corrected chi connectivity index (χ4v) is 7.08. The zero-order chi connectivity index (χ0) is 24.1. The first-order valence-corrected chi connectivity index (χ1v) is 15.4. The van der Waals surface area contributed by atoms with Crippen LogP contribution in [0.25, 0.3) is 0 Å². The Morgan fingerprint density at radius 2 is 0.727 bits per heavy atom. The molecule has 2 N–H and O–H groups in total. The normalized spacial score (nSPS) is 20.4. The van der Waals surface area contributed by atoms with Gasteiger partial charge in [-0.3, -0.25) is 0 Å². The van der Waals surface area contributed by atoms with E-state index in [-0.39, 0.29) is 0 Å². The van der Waals surface area contributed by atoms with Crippen molar-refractivity contribution in [3.05, 3.63) is 0 Å². The van der Waals surface area contributed by atoms with Gasteiger partial charge in [0.25, 0.3) is 0 Å². The lowest BCUT2D eigenvalue weighted by molar-refractivity contribution is -0.0520. The van der Waals surface area contributed by atoms with Gasteiger partial charge in [0.1, 0.15) is 0 Å². The molecule has 198 valence electrons. The van der Waals surface area contributed by atoms with Crippen LogP contribution in [-0.2, 0) is 0 Å². The second-order valence-corrected chi connectivity index (χ2v) is 11.5. The number of aliphatic hydroxyl groups excluding tert-OH is 2. The maximum Gasteiger partial charge on any atom is 0.0431 e. The Hall–Kier alpha value is -0.0800. The van der Waals surface area contributed by atoms with Crippen LogP contribution < -0.4 is 0 Å². The number of aliphatic hydroxyl groups is 2. The first-order chi connectivity index (χ1) is 16.2. The summed E-state index contributed by atoms with van der Waals surface area (Å²) in [5, 5.41) is 18.4. The second kappa shape index (κ2) is 20.1. The Bertz CT molecular complexity index is 407. The van der Waals surface area contributed by atoms with Crippen LogP contribution in [0.1, 0.15) is 174 Å². The van der Waals surface area contributed by atoms with Crippen molar-refractivity contribution in [1.29, 1.82) is 0 Å². The van der Waals surface area contributed by atoms with Crippen LogP contribution in [-0.4, -0.2) is 23.4 Å². The van der Waals surface area contributed by atoms with Gasteiger partial charge < -0.3 is 10.2 Å². The molecule has 1 aliphatic rings. The van der Waals surface area contributed by atoms with Gasteiger partial charge in [-0.2, -0.15) is 0 Å². The topological polar surface area (TPSA) is 40.5 Å². The van der Waals surface area contributed by atoms with E-state index in [0.29, 0.717) is 24.0 Å². The molecule has 0 heterocycles. The lowest BCUT2D eigenvalue weighted by Gasteiger charge is -2.56. The Morgan fingerprint density at radius 3 is 1.12 bits per heavy atom. The van der Waals surface area contributed by atoms with Crippen molar-refractivity contribution in [2.24, 2.45) is 10.8 Å². The number of hydrogen-bond acceptors (Lipinski definition) is 2. The van der Waals surface area contributed by atoms with Gasteiger partial charge in [-0.05, 0) is 62.2 Å². The van der Waals surface area contributed by atoms with E-state index in [1.807, 2.05) is 0 Å². The molecule has 1 fully saturated rings. The van der Waals surface area contributed by atoms with Crippen LogP contribution in [0.5, 0.6) is 0 Å². The molecule has 0 aromatic heterocycles. The third-order valence-electron chi connectivity index (χ3n) is 9.08. The minimum Gasteiger partial charge on any atom is -0.396 e. The smallest absolute Gasteiger partial charge is 0.0431 e. The molecule has 1 atom stereocenters. The summed E-state index contributed by atoms with van der Waals surface area (Å²) in [6.07, 6.45) is 34.0. The average Bonchev–Trinajstić information content (AvgIpc) is 2.83. The van der Waals surface area contributed by atoms with E-state index in [9.17, 15) is 10.2 Å². The lowest BCUT2D eigenvalue weighted by Crippen LogP contribution is -2.45. The highest BCUT2D eigenvalue weighted by Crippen LogP contribution is 2.61. The zero-order valence-electron chi connectivity index (χ0n) is 23.0. The van der Waals surface area contributed by atoms with Crippen LogP contribution >= 0.6 is 0 Å². The summed E-state index contributed by atoms with van der Waals surface area (Å²) in [5.41, 5.74) is 1.14. The van der Waals surface area contributed by atoms with Crippen LogP contribution in [0.3, 0.4) is 0 Å². The SMILES string of the molecule is CCCCCCCCC1(CCCCC)CCCCC1(CCCCCCO)CCCCCCO. The highest BCUT2D eigenvalue weighted by atomic mass is 16.3. The molecule has 1 aliphatic carbocycles. The second-order valence-electron chi connectivity index (χ2n) is 11.5. The van der Waals surface area contributed by atoms with Crippen molar-refractivity contribution < 1.29 is 10.2 Å². The fraction of sp³-hybridized carbons (Fsp3) is 1.00. The van der Waals surface area contributed by atoms with Gasteiger partial charge in [-0.25, -0.2) is 0 Å². The molecule has 1 saturated carbocycles. The van der Waals surface area contributed by atoms with E-state index in [0.717, 1.165) is 12.8 Å². The molecule has 0 amide bonds. The Morgan fingerprint density at radius 1 is 0.424 bits per heavy atom. The summed E-state index contributed by atoms with van der Waals surface area (Å²) in [4.78, 5) is 0. The molecule has 33 heavy (non-hydrogen) atoms. The maximum atomic E-state index is 9.21. The van der Waals surface area contributed by atoms with Gasteiger partial charge in [-0.1, -0.05) is 123 Å². The van der Waals surface area contributed by atoms with Gasteiger partial charge in [-0.15, -0.1) is 0 Å². The Labute approximate surface area is 208 Å². The number of hydrogen-bond donors (Lipinski definition) is 2. The Balaban J connectivity index is 2.92. The summed E-state index contributed by atoms with van der Waals surface area (Å²) in [6.45, 7) is 5.39. The molecule has 0 aromatic carbocycles.